The van der Waals surface area contributed by atoms with Crippen LogP contribution in [0.25, 0.3) is 22.8 Å². The lowest BCUT2D eigenvalue weighted by Crippen LogP contribution is -1.95. The fourth-order valence-corrected chi connectivity index (χ4v) is 2.35. The van der Waals surface area contributed by atoms with Crippen molar-refractivity contribution in [1.82, 2.24) is 15.2 Å². The van der Waals surface area contributed by atoms with E-state index in [2.05, 4.69) is 15.2 Å². The van der Waals surface area contributed by atoms with Gasteiger partial charge >= 0.3 is 0 Å². The van der Waals surface area contributed by atoms with Gasteiger partial charge in [0.1, 0.15) is 5.75 Å². The third-order valence-corrected chi connectivity index (χ3v) is 3.57. The van der Waals surface area contributed by atoms with Crippen LogP contribution in [-0.2, 0) is 0 Å². The van der Waals surface area contributed by atoms with Gasteiger partial charge in [-0.1, -0.05) is 0 Å². The molecule has 1 heterocycles. The van der Waals surface area contributed by atoms with Gasteiger partial charge in [-0.2, -0.15) is 5.10 Å². The van der Waals surface area contributed by atoms with E-state index in [0.717, 1.165) is 16.9 Å². The number of H-pyrrole nitrogens is 1. The van der Waals surface area contributed by atoms with E-state index in [-0.39, 0.29) is 0 Å². The third kappa shape index (κ3) is 3.17. The summed E-state index contributed by atoms with van der Waals surface area (Å²) in [4.78, 5) is 4.55. The number of benzene rings is 2. The highest BCUT2D eigenvalue weighted by molar-refractivity contribution is 5.64. The van der Waals surface area contributed by atoms with Gasteiger partial charge in [0.2, 0.25) is 0 Å². The van der Waals surface area contributed by atoms with Gasteiger partial charge in [0, 0.05) is 11.1 Å². The molecule has 1 N–H and O–H groups in total. The number of nitrogens with one attached hydrogen (secondary N) is 1. The number of ether oxygens (including phenoxy) is 3. The summed E-state index contributed by atoms with van der Waals surface area (Å²) in [5.41, 5.74) is 1.79. The van der Waals surface area contributed by atoms with Crippen LogP contribution in [-0.4, -0.2) is 36.0 Å². The summed E-state index contributed by atoms with van der Waals surface area (Å²) in [7, 11) is 3.25. The minimum Gasteiger partial charge on any atom is -0.497 e. The molecular weight excluding hydrogens is 306 g/mol. The maximum Gasteiger partial charge on any atom is 0.181 e. The van der Waals surface area contributed by atoms with Crippen LogP contribution in [0, 0.1) is 0 Å². The first kappa shape index (κ1) is 15.9. The van der Waals surface area contributed by atoms with E-state index in [4.69, 9.17) is 14.2 Å². The minimum atomic E-state index is 0.581. The summed E-state index contributed by atoms with van der Waals surface area (Å²) in [6, 6.07) is 13.3. The van der Waals surface area contributed by atoms with Gasteiger partial charge in [0.15, 0.2) is 23.1 Å². The molecule has 0 aliphatic carbocycles. The van der Waals surface area contributed by atoms with Crippen LogP contribution in [0.3, 0.4) is 0 Å². The van der Waals surface area contributed by atoms with Gasteiger partial charge < -0.3 is 14.2 Å². The first-order chi connectivity index (χ1) is 11.7. The van der Waals surface area contributed by atoms with Crippen LogP contribution in [0.1, 0.15) is 6.92 Å². The molecule has 0 fully saturated rings. The third-order valence-electron chi connectivity index (χ3n) is 3.57. The largest absolute Gasteiger partial charge is 0.497 e. The monoisotopic (exact) mass is 325 g/mol. The first-order valence-electron chi connectivity index (χ1n) is 7.63. The Kier molecular flexibility index (Phi) is 4.65. The molecule has 0 aliphatic heterocycles. The molecule has 6 heteroatoms. The van der Waals surface area contributed by atoms with Gasteiger partial charge in [-0.15, -0.1) is 0 Å². The van der Waals surface area contributed by atoms with Crippen LogP contribution in [0.5, 0.6) is 17.2 Å². The van der Waals surface area contributed by atoms with E-state index < -0.39 is 0 Å². The molecule has 1 aromatic heterocycles. The van der Waals surface area contributed by atoms with Crippen molar-refractivity contribution in [3.8, 4) is 40.0 Å². The van der Waals surface area contributed by atoms with Crippen LogP contribution >= 0.6 is 0 Å². The molecule has 0 saturated heterocycles. The highest BCUT2D eigenvalue weighted by atomic mass is 16.5. The maximum atomic E-state index is 5.53. The quantitative estimate of drug-likeness (QED) is 0.750. The summed E-state index contributed by atoms with van der Waals surface area (Å²) in [5.74, 6) is 3.46. The summed E-state index contributed by atoms with van der Waals surface area (Å²) in [5, 5.41) is 7.25. The minimum absolute atomic E-state index is 0.581. The average Bonchev–Trinajstić information content (AvgIpc) is 3.12. The van der Waals surface area contributed by atoms with Crippen molar-refractivity contribution >= 4 is 0 Å². The molecule has 3 rings (SSSR count). The molecule has 0 amide bonds. The zero-order valence-electron chi connectivity index (χ0n) is 13.9. The molecule has 24 heavy (non-hydrogen) atoms. The molecule has 0 aliphatic rings. The van der Waals surface area contributed by atoms with Crippen LogP contribution in [0.15, 0.2) is 42.5 Å². The maximum absolute atomic E-state index is 5.53. The summed E-state index contributed by atoms with van der Waals surface area (Å²) in [6.07, 6.45) is 0. The Balaban J connectivity index is 1.89. The Hall–Kier alpha value is -3.02. The Labute approximate surface area is 140 Å². The van der Waals surface area contributed by atoms with Crippen molar-refractivity contribution in [1.29, 1.82) is 0 Å². The van der Waals surface area contributed by atoms with Gasteiger partial charge in [0.25, 0.3) is 0 Å². The highest BCUT2D eigenvalue weighted by Crippen LogP contribution is 2.32. The second-order valence-corrected chi connectivity index (χ2v) is 5.03. The Bertz CT molecular complexity index is 813. The molecule has 0 atom stereocenters. The van der Waals surface area contributed by atoms with Crippen LogP contribution < -0.4 is 14.2 Å². The molecule has 2 aromatic carbocycles. The van der Waals surface area contributed by atoms with E-state index in [1.165, 1.54) is 0 Å². The molecule has 3 aromatic rings. The first-order valence-corrected chi connectivity index (χ1v) is 7.63. The topological polar surface area (TPSA) is 69.3 Å². The van der Waals surface area contributed by atoms with E-state index >= 15 is 0 Å². The summed E-state index contributed by atoms with van der Waals surface area (Å²) >= 11 is 0. The summed E-state index contributed by atoms with van der Waals surface area (Å²) in [6.45, 7) is 2.52. The summed E-state index contributed by atoms with van der Waals surface area (Å²) < 4.78 is 16.1. The van der Waals surface area contributed by atoms with Crippen molar-refractivity contribution in [3.05, 3.63) is 42.5 Å². The lowest BCUT2D eigenvalue weighted by Gasteiger charge is -2.09. The second kappa shape index (κ2) is 7.04. The number of methoxy groups -OCH3 is 2. The second-order valence-electron chi connectivity index (χ2n) is 5.03. The number of hydrogen-bond acceptors (Lipinski definition) is 5. The van der Waals surface area contributed by atoms with Crippen molar-refractivity contribution in [2.24, 2.45) is 0 Å². The lowest BCUT2D eigenvalue weighted by atomic mass is 10.2. The molecule has 0 saturated carbocycles. The number of aromatic amines is 1. The standard InChI is InChI=1S/C18H19N3O3/c1-4-24-15-10-7-13(11-16(15)23-3)18-19-17(20-21-18)12-5-8-14(22-2)9-6-12/h5-11H,4H2,1-3H3,(H,19,20,21). The predicted octanol–water partition coefficient (Wildman–Crippen LogP) is 3.55. The van der Waals surface area contributed by atoms with E-state index in [0.29, 0.717) is 29.8 Å². The Morgan fingerprint density at radius 2 is 1.67 bits per heavy atom. The van der Waals surface area contributed by atoms with Crippen LogP contribution in [0.2, 0.25) is 0 Å². The fourth-order valence-electron chi connectivity index (χ4n) is 2.35. The molecule has 124 valence electrons. The molecule has 0 bridgehead atoms. The number of rotatable bonds is 6. The number of hydrogen-bond donors (Lipinski definition) is 1. The SMILES string of the molecule is CCOc1ccc(-c2n[nH]c(-c3ccc(OC)cc3)n2)cc1OC. The van der Waals surface area contributed by atoms with E-state index in [1.54, 1.807) is 14.2 Å². The predicted molar refractivity (Wildman–Crippen MR) is 91.5 cm³/mol. The Morgan fingerprint density at radius 1 is 0.917 bits per heavy atom. The van der Waals surface area contributed by atoms with Gasteiger partial charge in [-0.3, -0.25) is 5.10 Å². The van der Waals surface area contributed by atoms with E-state index in [1.807, 2.05) is 49.4 Å². The van der Waals surface area contributed by atoms with Crippen molar-refractivity contribution < 1.29 is 14.2 Å². The fraction of sp³-hybridized carbons (Fsp3) is 0.222. The van der Waals surface area contributed by atoms with Crippen molar-refractivity contribution in [2.45, 2.75) is 6.92 Å². The molecular formula is C18H19N3O3. The zero-order chi connectivity index (χ0) is 16.9. The normalized spacial score (nSPS) is 10.5. The van der Waals surface area contributed by atoms with Gasteiger partial charge in [-0.05, 0) is 49.4 Å². The van der Waals surface area contributed by atoms with Crippen molar-refractivity contribution in [2.75, 3.05) is 20.8 Å². The van der Waals surface area contributed by atoms with Gasteiger partial charge in [-0.25, -0.2) is 4.98 Å². The Morgan fingerprint density at radius 3 is 2.33 bits per heavy atom. The lowest BCUT2D eigenvalue weighted by molar-refractivity contribution is 0.311. The van der Waals surface area contributed by atoms with E-state index in [9.17, 15) is 0 Å². The number of nitrogens with zero attached hydrogens (tertiary/aromatic N) is 2. The highest BCUT2D eigenvalue weighted by Gasteiger charge is 2.11. The molecule has 0 spiro atoms. The average molecular weight is 325 g/mol. The van der Waals surface area contributed by atoms with Gasteiger partial charge in [0.05, 0.1) is 20.8 Å². The molecule has 0 unspecified atom stereocenters. The number of aromatic nitrogens is 3. The van der Waals surface area contributed by atoms with Crippen molar-refractivity contribution in [3.63, 3.8) is 0 Å². The molecule has 0 radical (unpaired) electrons. The van der Waals surface area contributed by atoms with Crippen LogP contribution in [0.4, 0.5) is 0 Å². The smallest absolute Gasteiger partial charge is 0.181 e. The molecule has 6 nitrogen and oxygen atoms in total. The zero-order valence-corrected chi connectivity index (χ0v) is 13.9.